The molecule has 2 nitrogen and oxygen atoms in total. The lowest BCUT2D eigenvalue weighted by Crippen LogP contribution is -2.21. The molecule has 0 aromatic rings. The van der Waals surface area contributed by atoms with E-state index in [2.05, 4.69) is 25.7 Å². The SMILES string of the molecule is CC(C)O.CCN(CC)CC.Cl. The van der Waals surface area contributed by atoms with E-state index >= 15 is 0 Å². The first-order valence-corrected chi connectivity index (χ1v) is 4.48. The highest BCUT2D eigenvalue weighted by Crippen LogP contribution is 1.81. The van der Waals surface area contributed by atoms with E-state index in [1.165, 1.54) is 19.6 Å². The fourth-order valence-electron chi connectivity index (χ4n) is 0.671. The van der Waals surface area contributed by atoms with Gasteiger partial charge in [-0.15, -0.1) is 12.4 Å². The predicted octanol–water partition coefficient (Wildman–Crippen LogP) is 2.16. The van der Waals surface area contributed by atoms with Gasteiger partial charge in [0.1, 0.15) is 0 Å². The van der Waals surface area contributed by atoms with Crippen molar-refractivity contribution < 1.29 is 5.11 Å². The van der Waals surface area contributed by atoms with Crippen LogP contribution in [-0.4, -0.2) is 35.7 Å². The molecular formula is C9H24ClNO. The summed E-state index contributed by atoms with van der Waals surface area (Å²) < 4.78 is 0. The lowest BCUT2D eigenvalue weighted by atomic mass is 10.5. The Morgan fingerprint density at radius 3 is 1.17 bits per heavy atom. The molecule has 0 amide bonds. The van der Waals surface area contributed by atoms with Crippen LogP contribution in [0.2, 0.25) is 0 Å². The zero-order valence-electron chi connectivity index (χ0n) is 9.00. The van der Waals surface area contributed by atoms with E-state index in [4.69, 9.17) is 5.11 Å². The van der Waals surface area contributed by atoms with Crippen LogP contribution in [0.5, 0.6) is 0 Å². The summed E-state index contributed by atoms with van der Waals surface area (Å²) in [4.78, 5) is 2.38. The van der Waals surface area contributed by atoms with Crippen molar-refractivity contribution in [2.24, 2.45) is 0 Å². The van der Waals surface area contributed by atoms with Crippen molar-refractivity contribution >= 4 is 12.4 Å². The summed E-state index contributed by atoms with van der Waals surface area (Å²) in [6.45, 7) is 13.6. The molecule has 0 saturated carbocycles. The van der Waals surface area contributed by atoms with Crippen molar-refractivity contribution in [2.75, 3.05) is 19.6 Å². The minimum atomic E-state index is -0.167. The second-order valence-electron chi connectivity index (χ2n) is 2.71. The maximum Gasteiger partial charge on any atom is 0.0483 e. The van der Waals surface area contributed by atoms with Gasteiger partial charge in [0.15, 0.2) is 0 Å². The normalized spacial score (nSPS) is 9.00. The third-order valence-corrected chi connectivity index (χ3v) is 1.34. The highest BCUT2D eigenvalue weighted by atomic mass is 35.5. The molecule has 0 aliphatic carbocycles. The number of nitrogens with zero attached hydrogens (tertiary/aromatic N) is 1. The standard InChI is InChI=1S/C6H15N.C3H8O.ClH/c1-4-7(5-2)6-3;1-3(2)4;/h4-6H2,1-3H3;3-4H,1-2H3;1H. The maximum absolute atomic E-state index is 8.06. The van der Waals surface area contributed by atoms with Crippen molar-refractivity contribution in [3.05, 3.63) is 0 Å². The van der Waals surface area contributed by atoms with E-state index in [0.29, 0.717) is 0 Å². The Hall–Kier alpha value is 0.210. The quantitative estimate of drug-likeness (QED) is 0.750. The number of rotatable bonds is 3. The van der Waals surface area contributed by atoms with Gasteiger partial charge in [0.25, 0.3) is 0 Å². The second kappa shape index (κ2) is 13.8. The lowest BCUT2D eigenvalue weighted by Gasteiger charge is -2.13. The summed E-state index contributed by atoms with van der Waals surface area (Å²) in [7, 11) is 0. The van der Waals surface area contributed by atoms with Crippen LogP contribution in [0.15, 0.2) is 0 Å². The molecule has 0 unspecified atom stereocenters. The van der Waals surface area contributed by atoms with Crippen LogP contribution in [0.25, 0.3) is 0 Å². The second-order valence-corrected chi connectivity index (χ2v) is 2.71. The molecule has 78 valence electrons. The van der Waals surface area contributed by atoms with Gasteiger partial charge in [-0.3, -0.25) is 0 Å². The molecule has 0 aromatic carbocycles. The molecule has 0 fully saturated rings. The van der Waals surface area contributed by atoms with Gasteiger partial charge in [-0.2, -0.15) is 0 Å². The molecule has 0 saturated heterocycles. The van der Waals surface area contributed by atoms with Crippen molar-refractivity contribution in [1.29, 1.82) is 0 Å². The topological polar surface area (TPSA) is 23.5 Å². The molecule has 0 spiro atoms. The highest BCUT2D eigenvalue weighted by molar-refractivity contribution is 5.85. The molecule has 0 aliphatic heterocycles. The van der Waals surface area contributed by atoms with Crippen molar-refractivity contribution in [3.63, 3.8) is 0 Å². The highest BCUT2D eigenvalue weighted by Gasteiger charge is 1.89. The fourth-order valence-corrected chi connectivity index (χ4v) is 0.671. The van der Waals surface area contributed by atoms with Gasteiger partial charge in [-0.05, 0) is 33.5 Å². The first-order chi connectivity index (χ1) is 5.08. The molecule has 0 rings (SSSR count). The smallest absolute Gasteiger partial charge is 0.0483 e. The first kappa shape index (κ1) is 18.1. The average molecular weight is 198 g/mol. The zero-order chi connectivity index (χ0) is 9.28. The molecule has 0 heterocycles. The van der Waals surface area contributed by atoms with Crippen LogP contribution in [0, 0.1) is 0 Å². The lowest BCUT2D eigenvalue weighted by molar-refractivity contribution is 0.216. The Bertz CT molecular complexity index is 57.3. The van der Waals surface area contributed by atoms with Gasteiger partial charge in [-0.1, -0.05) is 20.8 Å². The van der Waals surface area contributed by atoms with Crippen molar-refractivity contribution in [2.45, 2.75) is 40.7 Å². The summed E-state index contributed by atoms with van der Waals surface area (Å²) in [6, 6.07) is 0. The largest absolute Gasteiger partial charge is 0.394 e. The average Bonchev–Trinajstić information content (AvgIpc) is 1.90. The maximum atomic E-state index is 8.06. The number of halogens is 1. The van der Waals surface area contributed by atoms with Gasteiger partial charge in [0.05, 0.1) is 0 Å². The molecule has 0 aromatic heterocycles. The van der Waals surface area contributed by atoms with E-state index in [0.717, 1.165) is 0 Å². The van der Waals surface area contributed by atoms with Crippen LogP contribution in [0.3, 0.4) is 0 Å². The predicted molar refractivity (Wildman–Crippen MR) is 58.1 cm³/mol. The van der Waals surface area contributed by atoms with Crippen molar-refractivity contribution in [3.8, 4) is 0 Å². The van der Waals surface area contributed by atoms with E-state index in [-0.39, 0.29) is 18.5 Å². The minimum absolute atomic E-state index is 0. The van der Waals surface area contributed by atoms with Gasteiger partial charge >= 0.3 is 0 Å². The minimum Gasteiger partial charge on any atom is -0.394 e. The third-order valence-electron chi connectivity index (χ3n) is 1.34. The number of hydrogen-bond donors (Lipinski definition) is 1. The fraction of sp³-hybridized carbons (Fsp3) is 1.00. The monoisotopic (exact) mass is 197 g/mol. The molecule has 12 heavy (non-hydrogen) atoms. The van der Waals surface area contributed by atoms with Crippen LogP contribution < -0.4 is 0 Å². The summed E-state index contributed by atoms with van der Waals surface area (Å²) in [5, 5.41) is 8.06. The van der Waals surface area contributed by atoms with Crippen LogP contribution >= 0.6 is 12.4 Å². The van der Waals surface area contributed by atoms with Gasteiger partial charge in [0, 0.05) is 6.10 Å². The van der Waals surface area contributed by atoms with Gasteiger partial charge < -0.3 is 10.0 Å². The van der Waals surface area contributed by atoms with E-state index < -0.39 is 0 Å². The Labute approximate surface area is 83.4 Å². The zero-order valence-corrected chi connectivity index (χ0v) is 9.82. The van der Waals surface area contributed by atoms with Gasteiger partial charge in [-0.25, -0.2) is 0 Å². The molecule has 0 atom stereocenters. The molecule has 0 bridgehead atoms. The third kappa shape index (κ3) is 22.5. The van der Waals surface area contributed by atoms with Crippen LogP contribution in [-0.2, 0) is 0 Å². The summed E-state index contributed by atoms with van der Waals surface area (Å²) >= 11 is 0. The Morgan fingerprint density at radius 2 is 1.17 bits per heavy atom. The first-order valence-electron chi connectivity index (χ1n) is 4.48. The summed E-state index contributed by atoms with van der Waals surface area (Å²) in [6.07, 6.45) is -0.167. The Kier molecular flexibility index (Phi) is 20.8. The molecular weight excluding hydrogens is 174 g/mol. The molecule has 1 N–H and O–H groups in total. The number of hydrogen-bond acceptors (Lipinski definition) is 2. The number of aliphatic hydroxyl groups excluding tert-OH is 1. The molecule has 3 heteroatoms. The van der Waals surface area contributed by atoms with E-state index in [1.807, 2.05) is 0 Å². The number of aliphatic hydroxyl groups is 1. The van der Waals surface area contributed by atoms with Crippen molar-refractivity contribution in [1.82, 2.24) is 4.90 Å². The van der Waals surface area contributed by atoms with Crippen LogP contribution in [0.1, 0.15) is 34.6 Å². The van der Waals surface area contributed by atoms with Crippen LogP contribution in [0.4, 0.5) is 0 Å². The van der Waals surface area contributed by atoms with Gasteiger partial charge in [0.2, 0.25) is 0 Å². The molecule has 0 radical (unpaired) electrons. The Morgan fingerprint density at radius 1 is 1.00 bits per heavy atom. The van der Waals surface area contributed by atoms with E-state index in [1.54, 1.807) is 13.8 Å². The summed E-state index contributed by atoms with van der Waals surface area (Å²) in [5.74, 6) is 0. The molecule has 0 aliphatic rings. The Balaban J connectivity index is -0.000000142. The summed E-state index contributed by atoms with van der Waals surface area (Å²) in [5.41, 5.74) is 0. The van der Waals surface area contributed by atoms with E-state index in [9.17, 15) is 0 Å².